The summed E-state index contributed by atoms with van der Waals surface area (Å²) >= 11 is 7.53. The molecule has 30 heavy (non-hydrogen) atoms. The summed E-state index contributed by atoms with van der Waals surface area (Å²) in [6.45, 7) is 0.818. The Labute approximate surface area is 187 Å². The lowest BCUT2D eigenvalue weighted by Gasteiger charge is -2.39. The SMILES string of the molecule is O.O=C(CN1C(=O)CC1Sc1ccccc1)NCCCCCCc1ccc(Cl)cc1. The molecule has 162 valence electrons. The fraction of sp³-hybridized carbons (Fsp3) is 0.391. The molecule has 1 aliphatic rings. The molecule has 0 spiro atoms. The third kappa shape index (κ3) is 7.67. The molecule has 2 amide bonds. The van der Waals surface area contributed by atoms with Crippen molar-refractivity contribution in [3.8, 4) is 0 Å². The van der Waals surface area contributed by atoms with Crippen LogP contribution in [0.1, 0.15) is 37.7 Å². The zero-order valence-corrected chi connectivity index (χ0v) is 18.6. The summed E-state index contributed by atoms with van der Waals surface area (Å²) in [6, 6.07) is 18.0. The Balaban J connectivity index is 0.00000320. The monoisotopic (exact) mass is 448 g/mol. The van der Waals surface area contributed by atoms with Gasteiger partial charge in [-0.2, -0.15) is 0 Å². The summed E-state index contributed by atoms with van der Waals surface area (Å²) < 4.78 is 0. The summed E-state index contributed by atoms with van der Waals surface area (Å²) in [5, 5.41) is 3.78. The first-order valence-corrected chi connectivity index (χ1v) is 11.4. The number of amides is 2. The Bertz CT molecular complexity index is 802. The van der Waals surface area contributed by atoms with Crippen LogP contribution in [0.25, 0.3) is 0 Å². The van der Waals surface area contributed by atoms with E-state index in [0.717, 1.165) is 42.0 Å². The normalized spacial score (nSPS) is 15.3. The first-order chi connectivity index (χ1) is 14.1. The Morgan fingerprint density at radius 1 is 1.03 bits per heavy atom. The smallest absolute Gasteiger partial charge is 0.239 e. The number of nitrogens with zero attached hydrogens (tertiary/aromatic N) is 1. The van der Waals surface area contributed by atoms with Gasteiger partial charge < -0.3 is 15.7 Å². The molecule has 1 saturated heterocycles. The van der Waals surface area contributed by atoms with Gasteiger partial charge in [0.2, 0.25) is 11.8 Å². The lowest BCUT2D eigenvalue weighted by molar-refractivity contribution is -0.145. The maximum absolute atomic E-state index is 12.2. The number of rotatable bonds is 11. The van der Waals surface area contributed by atoms with Crippen molar-refractivity contribution in [3.05, 3.63) is 65.2 Å². The molecule has 0 aliphatic carbocycles. The Morgan fingerprint density at radius 3 is 2.43 bits per heavy atom. The van der Waals surface area contributed by atoms with E-state index >= 15 is 0 Å². The molecule has 3 N–H and O–H groups in total. The molecule has 1 heterocycles. The lowest BCUT2D eigenvalue weighted by atomic mass is 10.1. The van der Waals surface area contributed by atoms with Crippen LogP contribution in [0.3, 0.4) is 0 Å². The van der Waals surface area contributed by atoms with Crippen molar-refractivity contribution in [1.29, 1.82) is 0 Å². The molecule has 2 aromatic carbocycles. The van der Waals surface area contributed by atoms with Gasteiger partial charge in [0, 0.05) is 16.5 Å². The fourth-order valence-corrected chi connectivity index (χ4v) is 4.57. The van der Waals surface area contributed by atoms with Crippen molar-refractivity contribution in [2.75, 3.05) is 13.1 Å². The first kappa shape index (κ1) is 24.3. The van der Waals surface area contributed by atoms with Gasteiger partial charge >= 0.3 is 0 Å². The number of nitrogens with one attached hydrogen (secondary N) is 1. The second kappa shape index (κ2) is 12.6. The number of carbonyl (C=O) groups is 2. The van der Waals surface area contributed by atoms with Crippen molar-refractivity contribution < 1.29 is 15.1 Å². The van der Waals surface area contributed by atoms with E-state index in [9.17, 15) is 9.59 Å². The number of carbonyl (C=O) groups excluding carboxylic acids is 2. The van der Waals surface area contributed by atoms with Crippen LogP contribution in [-0.2, 0) is 16.0 Å². The third-order valence-electron chi connectivity index (χ3n) is 4.97. The standard InChI is InChI=1S/C23H27ClN2O2S.H2O/c24-19-13-11-18(12-14-19)8-4-1-2-7-15-25-21(27)17-26-22(28)16-23(26)29-20-9-5-3-6-10-20;/h3,5-6,9-14,23H,1-2,4,7-8,15-17H2,(H,25,27);1H2. The Hall–Kier alpha value is -2.02. The molecule has 2 aromatic rings. The highest BCUT2D eigenvalue weighted by Crippen LogP contribution is 2.34. The fourth-order valence-electron chi connectivity index (χ4n) is 3.27. The number of benzene rings is 2. The molecular weight excluding hydrogens is 420 g/mol. The van der Waals surface area contributed by atoms with Crippen LogP contribution in [0.4, 0.5) is 0 Å². The molecule has 0 radical (unpaired) electrons. The molecule has 1 atom stereocenters. The first-order valence-electron chi connectivity index (χ1n) is 10.1. The zero-order valence-electron chi connectivity index (χ0n) is 17.0. The quantitative estimate of drug-likeness (QED) is 0.415. The van der Waals surface area contributed by atoms with E-state index in [4.69, 9.17) is 11.6 Å². The van der Waals surface area contributed by atoms with Gasteiger partial charge in [0.15, 0.2) is 0 Å². The predicted octanol–water partition coefficient (Wildman–Crippen LogP) is 4.09. The minimum absolute atomic E-state index is 0. The maximum Gasteiger partial charge on any atom is 0.239 e. The average molecular weight is 449 g/mol. The molecule has 1 fully saturated rings. The number of thioether (sulfide) groups is 1. The van der Waals surface area contributed by atoms with Gasteiger partial charge in [-0.3, -0.25) is 9.59 Å². The van der Waals surface area contributed by atoms with Crippen molar-refractivity contribution in [2.24, 2.45) is 0 Å². The number of hydrogen-bond acceptors (Lipinski definition) is 3. The third-order valence-corrected chi connectivity index (χ3v) is 6.46. The van der Waals surface area contributed by atoms with Crippen molar-refractivity contribution in [1.82, 2.24) is 10.2 Å². The highest BCUT2D eigenvalue weighted by molar-refractivity contribution is 8.00. The second-order valence-electron chi connectivity index (χ2n) is 7.25. The highest BCUT2D eigenvalue weighted by Gasteiger charge is 2.37. The second-order valence-corrected chi connectivity index (χ2v) is 8.94. The summed E-state index contributed by atoms with van der Waals surface area (Å²) in [6.07, 6.45) is 5.88. The number of likely N-dealkylation sites (tertiary alicyclic amines) is 1. The molecule has 1 unspecified atom stereocenters. The van der Waals surface area contributed by atoms with Crippen LogP contribution in [0.5, 0.6) is 0 Å². The zero-order chi connectivity index (χ0) is 20.5. The molecular formula is C23H29ClN2O3S. The van der Waals surface area contributed by atoms with E-state index in [0.29, 0.717) is 13.0 Å². The van der Waals surface area contributed by atoms with Crippen LogP contribution in [-0.4, -0.2) is 40.7 Å². The van der Waals surface area contributed by atoms with Crippen LogP contribution >= 0.6 is 23.4 Å². The van der Waals surface area contributed by atoms with Crippen LogP contribution in [0.15, 0.2) is 59.5 Å². The highest BCUT2D eigenvalue weighted by atomic mass is 35.5. The number of β-lactam (4-membered cyclic amide) rings is 1. The van der Waals surface area contributed by atoms with Crippen molar-refractivity contribution in [2.45, 2.75) is 48.8 Å². The van der Waals surface area contributed by atoms with Gasteiger partial charge in [-0.05, 0) is 49.1 Å². The van der Waals surface area contributed by atoms with Gasteiger partial charge in [0.1, 0.15) is 6.54 Å². The summed E-state index contributed by atoms with van der Waals surface area (Å²) in [7, 11) is 0. The number of hydrogen-bond donors (Lipinski definition) is 1. The summed E-state index contributed by atoms with van der Waals surface area (Å²) in [5.41, 5.74) is 1.31. The topological polar surface area (TPSA) is 80.9 Å². The van der Waals surface area contributed by atoms with E-state index < -0.39 is 0 Å². The average Bonchev–Trinajstić information content (AvgIpc) is 2.73. The molecule has 3 rings (SSSR count). The molecule has 1 aliphatic heterocycles. The van der Waals surface area contributed by atoms with E-state index in [2.05, 4.69) is 17.4 Å². The molecule has 0 aromatic heterocycles. The summed E-state index contributed by atoms with van der Waals surface area (Å²) in [4.78, 5) is 26.8. The van der Waals surface area contributed by atoms with Gasteiger partial charge in [-0.15, -0.1) is 11.8 Å². The van der Waals surface area contributed by atoms with Gasteiger partial charge in [0.05, 0.1) is 11.8 Å². The molecule has 0 saturated carbocycles. The van der Waals surface area contributed by atoms with E-state index in [1.54, 1.807) is 16.7 Å². The van der Waals surface area contributed by atoms with Crippen molar-refractivity contribution >= 4 is 35.2 Å². The minimum atomic E-state index is -0.0714. The van der Waals surface area contributed by atoms with Gasteiger partial charge in [-0.25, -0.2) is 0 Å². The lowest BCUT2D eigenvalue weighted by Crippen LogP contribution is -2.54. The molecule has 0 bridgehead atoms. The van der Waals surface area contributed by atoms with Crippen molar-refractivity contribution in [3.63, 3.8) is 0 Å². The largest absolute Gasteiger partial charge is 0.412 e. The van der Waals surface area contributed by atoms with Gasteiger partial charge in [-0.1, -0.05) is 54.8 Å². The molecule has 7 heteroatoms. The van der Waals surface area contributed by atoms with Crippen LogP contribution < -0.4 is 5.32 Å². The predicted molar refractivity (Wildman–Crippen MR) is 123 cm³/mol. The van der Waals surface area contributed by atoms with E-state index in [-0.39, 0.29) is 29.2 Å². The maximum atomic E-state index is 12.2. The number of unbranched alkanes of at least 4 members (excludes halogenated alkanes) is 3. The van der Waals surface area contributed by atoms with E-state index in [1.165, 1.54) is 5.56 Å². The minimum Gasteiger partial charge on any atom is -0.412 e. The number of aryl methyl sites for hydroxylation is 1. The van der Waals surface area contributed by atoms with Crippen LogP contribution in [0, 0.1) is 0 Å². The molecule has 5 nitrogen and oxygen atoms in total. The number of halogens is 1. The van der Waals surface area contributed by atoms with E-state index in [1.807, 2.05) is 42.5 Å². The Morgan fingerprint density at radius 2 is 1.73 bits per heavy atom. The summed E-state index contributed by atoms with van der Waals surface area (Å²) in [5.74, 6) is -0.0198. The van der Waals surface area contributed by atoms with Gasteiger partial charge in [0.25, 0.3) is 0 Å². The van der Waals surface area contributed by atoms with Crippen LogP contribution in [0.2, 0.25) is 5.02 Å². The Kier molecular flexibility index (Phi) is 10.2.